The summed E-state index contributed by atoms with van der Waals surface area (Å²) in [4.78, 5) is 0.404. The molecule has 0 aliphatic carbocycles. The Kier molecular flexibility index (Phi) is 6.45. The zero-order chi connectivity index (χ0) is 13.9. The molecule has 0 bridgehead atoms. The third kappa shape index (κ3) is 3.95. The fourth-order valence-electron chi connectivity index (χ4n) is 2.38. The van der Waals surface area contributed by atoms with Gasteiger partial charge < -0.3 is 5.32 Å². The van der Waals surface area contributed by atoms with Gasteiger partial charge in [-0.05, 0) is 31.0 Å². The second-order valence-corrected chi connectivity index (χ2v) is 7.05. The van der Waals surface area contributed by atoms with E-state index in [1.807, 2.05) is 19.1 Å². The van der Waals surface area contributed by atoms with Crippen LogP contribution in [0.25, 0.3) is 0 Å². The van der Waals surface area contributed by atoms with E-state index in [0.717, 1.165) is 12.8 Å². The number of aryl methyl sites for hydroxylation is 1. The molecule has 0 amide bonds. The van der Waals surface area contributed by atoms with Crippen LogP contribution >= 0.6 is 12.4 Å². The maximum Gasteiger partial charge on any atom is 0.243 e. The fraction of sp³-hybridized carbons (Fsp3) is 0.571. The molecule has 0 saturated carbocycles. The van der Waals surface area contributed by atoms with Crippen LogP contribution in [0.5, 0.6) is 0 Å². The summed E-state index contributed by atoms with van der Waals surface area (Å²) >= 11 is 0. The Bertz CT molecular complexity index is 516. The first-order chi connectivity index (χ1) is 9.04. The van der Waals surface area contributed by atoms with Crippen molar-refractivity contribution in [1.29, 1.82) is 0 Å². The van der Waals surface area contributed by atoms with E-state index in [2.05, 4.69) is 12.2 Å². The molecule has 6 heteroatoms. The van der Waals surface area contributed by atoms with Crippen molar-refractivity contribution in [2.75, 3.05) is 19.6 Å². The third-order valence-electron chi connectivity index (χ3n) is 3.43. The van der Waals surface area contributed by atoms with E-state index >= 15 is 0 Å². The molecule has 1 aliphatic rings. The van der Waals surface area contributed by atoms with Gasteiger partial charge in [0.15, 0.2) is 0 Å². The Balaban J connectivity index is 0.00000200. The highest BCUT2D eigenvalue weighted by Crippen LogP contribution is 2.18. The fourth-order valence-corrected chi connectivity index (χ4v) is 3.91. The van der Waals surface area contributed by atoms with Gasteiger partial charge >= 0.3 is 0 Å². The summed E-state index contributed by atoms with van der Waals surface area (Å²) in [5.41, 5.74) is 1.19. The number of hydrogen-bond donors (Lipinski definition) is 1. The van der Waals surface area contributed by atoms with Crippen molar-refractivity contribution in [2.24, 2.45) is 0 Å². The molecule has 1 atom stereocenters. The number of sulfonamides is 1. The normalized spacial score (nSPS) is 20.4. The van der Waals surface area contributed by atoms with Gasteiger partial charge in [0.1, 0.15) is 0 Å². The first-order valence-electron chi connectivity index (χ1n) is 6.86. The van der Waals surface area contributed by atoms with Crippen molar-refractivity contribution < 1.29 is 8.42 Å². The molecule has 20 heavy (non-hydrogen) atoms. The Morgan fingerprint density at radius 3 is 2.50 bits per heavy atom. The number of nitrogens with zero attached hydrogens (tertiary/aromatic N) is 1. The van der Waals surface area contributed by atoms with E-state index in [4.69, 9.17) is 0 Å². The molecule has 1 N–H and O–H groups in total. The molecular weight excluding hydrogens is 296 g/mol. The molecule has 0 radical (unpaired) electrons. The van der Waals surface area contributed by atoms with Crippen LogP contribution in [0.1, 0.15) is 25.8 Å². The van der Waals surface area contributed by atoms with Gasteiger partial charge in [-0.2, -0.15) is 4.31 Å². The molecule has 1 saturated heterocycles. The highest BCUT2D eigenvalue weighted by molar-refractivity contribution is 7.89. The van der Waals surface area contributed by atoms with E-state index in [1.54, 1.807) is 16.4 Å². The van der Waals surface area contributed by atoms with Crippen LogP contribution in [-0.4, -0.2) is 38.4 Å². The van der Waals surface area contributed by atoms with Crippen LogP contribution in [0.3, 0.4) is 0 Å². The molecule has 1 fully saturated rings. The number of piperazine rings is 1. The molecule has 1 heterocycles. The van der Waals surface area contributed by atoms with Gasteiger partial charge in [-0.3, -0.25) is 0 Å². The van der Waals surface area contributed by atoms with Gasteiger partial charge in [0.2, 0.25) is 10.0 Å². The predicted octanol–water partition coefficient (Wildman–Crippen LogP) is 2.04. The molecular formula is C14H23ClN2O2S. The van der Waals surface area contributed by atoms with Crippen LogP contribution in [0.2, 0.25) is 0 Å². The van der Waals surface area contributed by atoms with Crippen molar-refractivity contribution in [3.63, 3.8) is 0 Å². The second-order valence-electron chi connectivity index (χ2n) is 5.11. The lowest BCUT2D eigenvalue weighted by molar-refractivity contribution is 0.310. The predicted molar refractivity (Wildman–Crippen MR) is 83.9 cm³/mol. The largest absolute Gasteiger partial charge is 0.312 e. The Morgan fingerprint density at radius 2 is 1.95 bits per heavy atom. The first kappa shape index (κ1) is 17.4. The average Bonchev–Trinajstić information content (AvgIpc) is 2.40. The van der Waals surface area contributed by atoms with Gasteiger partial charge in [-0.15, -0.1) is 12.4 Å². The number of halogens is 1. The SMILES string of the molecule is CCCc1ccc(S(=O)(=O)N2CCN[C@@H](C)C2)cc1.Cl. The number of rotatable bonds is 4. The second kappa shape index (κ2) is 7.41. The molecule has 1 aliphatic heterocycles. The minimum Gasteiger partial charge on any atom is -0.312 e. The molecule has 1 aromatic carbocycles. The molecule has 0 spiro atoms. The van der Waals surface area contributed by atoms with E-state index in [-0.39, 0.29) is 18.4 Å². The van der Waals surface area contributed by atoms with Crippen LogP contribution < -0.4 is 5.32 Å². The molecule has 4 nitrogen and oxygen atoms in total. The van der Waals surface area contributed by atoms with E-state index < -0.39 is 10.0 Å². The molecule has 2 rings (SSSR count). The summed E-state index contributed by atoms with van der Waals surface area (Å²) in [7, 11) is -3.33. The zero-order valence-corrected chi connectivity index (χ0v) is 13.6. The number of nitrogens with one attached hydrogen (secondary N) is 1. The van der Waals surface area contributed by atoms with Gasteiger partial charge in [0.05, 0.1) is 4.90 Å². The van der Waals surface area contributed by atoms with Crippen molar-refractivity contribution in [2.45, 2.75) is 37.6 Å². The van der Waals surface area contributed by atoms with Crippen molar-refractivity contribution >= 4 is 22.4 Å². The summed E-state index contributed by atoms with van der Waals surface area (Å²) in [5.74, 6) is 0. The van der Waals surface area contributed by atoms with Crippen LogP contribution in [0.4, 0.5) is 0 Å². The minimum absolute atomic E-state index is 0. The summed E-state index contributed by atoms with van der Waals surface area (Å²) in [5, 5.41) is 3.26. The van der Waals surface area contributed by atoms with Gasteiger partial charge in [0.25, 0.3) is 0 Å². The quantitative estimate of drug-likeness (QED) is 0.924. The highest BCUT2D eigenvalue weighted by atomic mass is 35.5. The lowest BCUT2D eigenvalue weighted by atomic mass is 10.1. The topological polar surface area (TPSA) is 49.4 Å². The van der Waals surface area contributed by atoms with E-state index in [9.17, 15) is 8.42 Å². The maximum absolute atomic E-state index is 12.5. The number of hydrogen-bond acceptors (Lipinski definition) is 3. The summed E-state index contributed by atoms with van der Waals surface area (Å²) in [6, 6.07) is 7.51. The smallest absolute Gasteiger partial charge is 0.243 e. The van der Waals surface area contributed by atoms with E-state index in [1.165, 1.54) is 5.56 Å². The molecule has 1 aromatic rings. The zero-order valence-electron chi connectivity index (χ0n) is 12.0. The lowest BCUT2D eigenvalue weighted by Crippen LogP contribution is -2.51. The van der Waals surface area contributed by atoms with Crippen LogP contribution in [0, 0.1) is 0 Å². The van der Waals surface area contributed by atoms with Gasteiger partial charge in [0, 0.05) is 25.7 Å². The van der Waals surface area contributed by atoms with Gasteiger partial charge in [-0.1, -0.05) is 25.5 Å². The minimum atomic E-state index is -3.33. The summed E-state index contributed by atoms with van der Waals surface area (Å²) < 4.78 is 26.6. The molecule has 0 unspecified atom stereocenters. The Morgan fingerprint density at radius 1 is 1.30 bits per heavy atom. The Hall–Kier alpha value is -0.620. The first-order valence-corrected chi connectivity index (χ1v) is 8.30. The molecule has 0 aromatic heterocycles. The highest BCUT2D eigenvalue weighted by Gasteiger charge is 2.28. The Labute approximate surface area is 128 Å². The molecule has 114 valence electrons. The van der Waals surface area contributed by atoms with Crippen molar-refractivity contribution in [1.82, 2.24) is 9.62 Å². The van der Waals surface area contributed by atoms with Crippen molar-refractivity contribution in [3.8, 4) is 0 Å². The third-order valence-corrected chi connectivity index (χ3v) is 5.31. The summed E-state index contributed by atoms with van der Waals surface area (Å²) in [6.07, 6.45) is 2.06. The van der Waals surface area contributed by atoms with Gasteiger partial charge in [-0.25, -0.2) is 8.42 Å². The van der Waals surface area contributed by atoms with Crippen LogP contribution in [0.15, 0.2) is 29.2 Å². The monoisotopic (exact) mass is 318 g/mol. The van der Waals surface area contributed by atoms with E-state index in [0.29, 0.717) is 24.5 Å². The van der Waals surface area contributed by atoms with Crippen molar-refractivity contribution in [3.05, 3.63) is 29.8 Å². The average molecular weight is 319 g/mol. The lowest BCUT2D eigenvalue weighted by Gasteiger charge is -2.31. The summed E-state index contributed by atoms with van der Waals surface area (Å²) in [6.45, 7) is 5.93. The van der Waals surface area contributed by atoms with Crippen LogP contribution in [-0.2, 0) is 16.4 Å². The maximum atomic E-state index is 12.5. The standard InChI is InChI=1S/C14H22N2O2S.ClH/c1-3-4-13-5-7-14(8-6-13)19(17,18)16-10-9-15-12(2)11-16;/h5-8,12,15H,3-4,9-11H2,1-2H3;1H/t12-;/m0./s1. The number of benzene rings is 1.